The number of aliphatic hydroxyl groups excluding tert-OH is 1. The first-order valence-electron chi connectivity index (χ1n) is 7.16. The molecule has 7 heteroatoms. The van der Waals surface area contributed by atoms with Crippen molar-refractivity contribution in [3.63, 3.8) is 0 Å². The lowest BCUT2D eigenvalue weighted by Crippen LogP contribution is -2.53. The van der Waals surface area contributed by atoms with Crippen LogP contribution < -0.4 is 5.32 Å². The first kappa shape index (κ1) is 16.1. The number of piperidine rings is 1. The number of aliphatic hydroxyl groups is 1. The zero-order chi connectivity index (χ0) is 15.9. The molecule has 2 amide bonds. The number of hydrogen-bond acceptors (Lipinski definition) is 4. The van der Waals surface area contributed by atoms with Crippen molar-refractivity contribution in [1.29, 1.82) is 0 Å². The standard InChI is InChI=1S/C15H20N2O5/c18-9-12-8-17(15(20)21)7-6-13(12)16-14(19)22-10-11-4-2-1-3-5-11/h1-5,12-13,18H,6-10H2,(H,16,19)(H,20,21)/t12-,13-/m1/s1. The van der Waals surface area contributed by atoms with Crippen LogP contribution in [0.4, 0.5) is 9.59 Å². The second-order valence-corrected chi connectivity index (χ2v) is 5.27. The Bertz CT molecular complexity index is 508. The second kappa shape index (κ2) is 7.65. The van der Waals surface area contributed by atoms with Crippen molar-refractivity contribution >= 4 is 12.2 Å². The van der Waals surface area contributed by atoms with Crippen LogP contribution in [0.25, 0.3) is 0 Å². The van der Waals surface area contributed by atoms with E-state index in [2.05, 4.69) is 5.32 Å². The fraction of sp³-hybridized carbons (Fsp3) is 0.467. The average Bonchev–Trinajstić information content (AvgIpc) is 2.54. The first-order valence-corrected chi connectivity index (χ1v) is 7.16. The van der Waals surface area contributed by atoms with Gasteiger partial charge in [-0.05, 0) is 12.0 Å². The van der Waals surface area contributed by atoms with E-state index in [1.807, 2.05) is 30.3 Å². The molecule has 2 atom stereocenters. The molecule has 3 N–H and O–H groups in total. The molecule has 1 heterocycles. The molecule has 2 rings (SSSR count). The highest BCUT2D eigenvalue weighted by molar-refractivity contribution is 5.68. The number of rotatable bonds is 4. The number of carboxylic acid groups (broad SMARTS) is 1. The highest BCUT2D eigenvalue weighted by Crippen LogP contribution is 2.17. The second-order valence-electron chi connectivity index (χ2n) is 5.27. The number of carbonyl (C=O) groups is 2. The molecule has 120 valence electrons. The van der Waals surface area contributed by atoms with Crippen LogP contribution in [0.5, 0.6) is 0 Å². The Balaban J connectivity index is 1.81. The molecule has 7 nitrogen and oxygen atoms in total. The predicted molar refractivity (Wildman–Crippen MR) is 78.3 cm³/mol. The lowest BCUT2D eigenvalue weighted by Gasteiger charge is -2.36. The van der Waals surface area contributed by atoms with E-state index in [4.69, 9.17) is 9.84 Å². The number of nitrogens with one attached hydrogen (secondary N) is 1. The minimum atomic E-state index is -1.01. The molecule has 0 bridgehead atoms. The third kappa shape index (κ3) is 4.36. The maximum absolute atomic E-state index is 11.8. The van der Waals surface area contributed by atoms with Crippen LogP contribution >= 0.6 is 0 Å². The first-order chi connectivity index (χ1) is 10.6. The van der Waals surface area contributed by atoms with Gasteiger partial charge in [0.15, 0.2) is 0 Å². The van der Waals surface area contributed by atoms with E-state index in [0.29, 0.717) is 13.0 Å². The van der Waals surface area contributed by atoms with Gasteiger partial charge in [0.05, 0.1) is 0 Å². The molecule has 1 aromatic carbocycles. The van der Waals surface area contributed by atoms with E-state index in [0.717, 1.165) is 5.56 Å². The summed E-state index contributed by atoms with van der Waals surface area (Å²) in [5.74, 6) is -0.325. The Labute approximate surface area is 128 Å². The molecule has 1 saturated heterocycles. The van der Waals surface area contributed by atoms with Gasteiger partial charge in [0, 0.05) is 31.7 Å². The van der Waals surface area contributed by atoms with E-state index in [-0.39, 0.29) is 31.7 Å². The lowest BCUT2D eigenvalue weighted by molar-refractivity contribution is 0.0747. The van der Waals surface area contributed by atoms with E-state index < -0.39 is 12.2 Å². The summed E-state index contributed by atoms with van der Waals surface area (Å²) in [5.41, 5.74) is 0.886. The summed E-state index contributed by atoms with van der Waals surface area (Å²) in [4.78, 5) is 24.0. The molecule has 0 aliphatic carbocycles. The van der Waals surface area contributed by atoms with E-state index in [9.17, 15) is 14.7 Å². The van der Waals surface area contributed by atoms with Gasteiger partial charge >= 0.3 is 12.2 Å². The Morgan fingerprint density at radius 1 is 1.32 bits per heavy atom. The van der Waals surface area contributed by atoms with Crippen LogP contribution in [0.2, 0.25) is 0 Å². The molecule has 0 radical (unpaired) electrons. The van der Waals surface area contributed by atoms with Gasteiger partial charge in [-0.3, -0.25) is 0 Å². The normalized spacial score (nSPS) is 21.2. The lowest BCUT2D eigenvalue weighted by atomic mass is 9.93. The summed E-state index contributed by atoms with van der Waals surface area (Å²) in [5, 5.41) is 21.0. The summed E-state index contributed by atoms with van der Waals surface area (Å²) in [7, 11) is 0. The third-order valence-electron chi connectivity index (χ3n) is 3.75. The van der Waals surface area contributed by atoms with Gasteiger partial charge in [-0.25, -0.2) is 9.59 Å². The van der Waals surface area contributed by atoms with E-state index in [1.165, 1.54) is 4.90 Å². The van der Waals surface area contributed by atoms with Crippen LogP contribution in [0.15, 0.2) is 30.3 Å². The average molecular weight is 308 g/mol. The zero-order valence-electron chi connectivity index (χ0n) is 12.1. The summed E-state index contributed by atoms with van der Waals surface area (Å²) in [6, 6.07) is 9.03. The fourth-order valence-electron chi connectivity index (χ4n) is 2.50. The molecule has 1 aromatic rings. The monoisotopic (exact) mass is 308 g/mol. The van der Waals surface area contributed by atoms with Crippen molar-refractivity contribution in [2.45, 2.75) is 19.1 Å². The molecular formula is C15H20N2O5. The molecule has 1 aliphatic rings. The Hall–Kier alpha value is -2.28. The molecular weight excluding hydrogens is 288 g/mol. The summed E-state index contributed by atoms with van der Waals surface area (Å²) in [6.07, 6.45) is -1.11. The molecule has 0 saturated carbocycles. The maximum Gasteiger partial charge on any atom is 0.407 e. The zero-order valence-corrected chi connectivity index (χ0v) is 12.1. The third-order valence-corrected chi connectivity index (χ3v) is 3.75. The molecule has 1 fully saturated rings. The van der Waals surface area contributed by atoms with Gasteiger partial charge in [-0.1, -0.05) is 30.3 Å². The number of benzene rings is 1. The van der Waals surface area contributed by atoms with Crippen molar-refractivity contribution < 1.29 is 24.5 Å². The van der Waals surface area contributed by atoms with Crippen LogP contribution in [0.1, 0.15) is 12.0 Å². The van der Waals surface area contributed by atoms with Gasteiger partial charge in [-0.2, -0.15) is 0 Å². The van der Waals surface area contributed by atoms with Crippen molar-refractivity contribution in [2.75, 3.05) is 19.7 Å². The quantitative estimate of drug-likeness (QED) is 0.778. The minimum Gasteiger partial charge on any atom is -0.465 e. The van der Waals surface area contributed by atoms with Crippen molar-refractivity contribution in [2.24, 2.45) is 5.92 Å². The van der Waals surface area contributed by atoms with E-state index in [1.54, 1.807) is 0 Å². The summed E-state index contributed by atoms with van der Waals surface area (Å²) >= 11 is 0. The Kier molecular flexibility index (Phi) is 5.60. The molecule has 1 aliphatic heterocycles. The highest BCUT2D eigenvalue weighted by Gasteiger charge is 2.32. The van der Waals surface area contributed by atoms with Crippen molar-refractivity contribution in [3.05, 3.63) is 35.9 Å². The fourth-order valence-corrected chi connectivity index (χ4v) is 2.50. The van der Waals surface area contributed by atoms with Gasteiger partial charge < -0.3 is 25.2 Å². The van der Waals surface area contributed by atoms with Gasteiger partial charge in [0.25, 0.3) is 0 Å². The maximum atomic E-state index is 11.8. The number of amides is 2. The molecule has 22 heavy (non-hydrogen) atoms. The molecule has 0 spiro atoms. The predicted octanol–water partition coefficient (Wildman–Crippen LogP) is 1.27. The number of likely N-dealkylation sites (tertiary alicyclic amines) is 1. The van der Waals surface area contributed by atoms with Crippen LogP contribution in [-0.2, 0) is 11.3 Å². The van der Waals surface area contributed by atoms with Crippen LogP contribution in [0, 0.1) is 5.92 Å². The van der Waals surface area contributed by atoms with Gasteiger partial charge in [0.2, 0.25) is 0 Å². The number of alkyl carbamates (subject to hydrolysis) is 1. The van der Waals surface area contributed by atoms with Crippen molar-refractivity contribution in [3.8, 4) is 0 Å². The Morgan fingerprint density at radius 2 is 2.05 bits per heavy atom. The molecule has 0 unspecified atom stereocenters. The van der Waals surface area contributed by atoms with Gasteiger partial charge in [0.1, 0.15) is 6.61 Å². The number of nitrogens with zero attached hydrogens (tertiary/aromatic N) is 1. The van der Waals surface area contributed by atoms with Crippen LogP contribution in [-0.4, -0.2) is 53.0 Å². The molecule has 0 aromatic heterocycles. The van der Waals surface area contributed by atoms with E-state index >= 15 is 0 Å². The number of hydrogen-bond donors (Lipinski definition) is 3. The Morgan fingerprint density at radius 3 is 2.68 bits per heavy atom. The largest absolute Gasteiger partial charge is 0.465 e. The highest BCUT2D eigenvalue weighted by atomic mass is 16.5. The number of ether oxygens (including phenoxy) is 1. The SMILES string of the molecule is O=C(N[C@@H]1CCN(C(=O)O)C[C@@H]1CO)OCc1ccccc1. The topological polar surface area (TPSA) is 99.1 Å². The van der Waals surface area contributed by atoms with Gasteiger partial charge in [-0.15, -0.1) is 0 Å². The smallest absolute Gasteiger partial charge is 0.407 e. The van der Waals surface area contributed by atoms with Crippen molar-refractivity contribution in [1.82, 2.24) is 10.2 Å². The summed E-state index contributed by atoms with van der Waals surface area (Å²) in [6.45, 7) is 0.517. The minimum absolute atomic E-state index is 0.171. The van der Waals surface area contributed by atoms with Crippen LogP contribution in [0.3, 0.4) is 0 Å². The summed E-state index contributed by atoms with van der Waals surface area (Å²) < 4.78 is 5.14. The number of carbonyl (C=O) groups excluding carboxylic acids is 1.